The highest BCUT2D eigenvalue weighted by Gasteiger charge is 2.20. The molecule has 0 saturated carbocycles. The lowest BCUT2D eigenvalue weighted by atomic mass is 10.1. The minimum absolute atomic E-state index is 0.299. The fourth-order valence-electron chi connectivity index (χ4n) is 2.20. The van der Waals surface area contributed by atoms with Gasteiger partial charge >= 0.3 is 6.03 Å². The normalized spacial score (nSPS) is 17.1. The Morgan fingerprint density at radius 3 is 2.89 bits per heavy atom. The van der Waals surface area contributed by atoms with Gasteiger partial charge in [-0.3, -0.25) is 0 Å². The number of piperidine rings is 1. The Kier molecular flexibility index (Phi) is 4.54. The van der Waals surface area contributed by atoms with Crippen molar-refractivity contribution in [3.8, 4) is 0 Å². The second-order valence-corrected chi connectivity index (χ2v) is 5.63. The number of hydrogen-bond acceptors (Lipinski definition) is 4. The van der Waals surface area contributed by atoms with Crippen molar-refractivity contribution in [1.82, 2.24) is 15.2 Å². The van der Waals surface area contributed by atoms with Crippen LogP contribution in [0.1, 0.15) is 23.5 Å². The number of carbonyl (C=O) groups excluding carboxylic acids is 1. The molecule has 2 heterocycles. The van der Waals surface area contributed by atoms with Crippen LogP contribution in [-0.2, 0) is 6.42 Å². The van der Waals surface area contributed by atoms with Gasteiger partial charge in [-0.15, -0.1) is 11.3 Å². The molecule has 3 N–H and O–H groups in total. The number of nitrogens with one attached hydrogen (secondary N) is 1. The Bertz CT molecular complexity index is 399. The molecule has 0 atom stereocenters. The summed E-state index contributed by atoms with van der Waals surface area (Å²) in [5.74, 6) is 0. The molecule has 0 aliphatic carbocycles. The van der Waals surface area contributed by atoms with Crippen molar-refractivity contribution in [2.24, 2.45) is 5.73 Å². The summed E-state index contributed by atoms with van der Waals surface area (Å²) in [4.78, 5) is 17.1. The van der Waals surface area contributed by atoms with Crippen molar-refractivity contribution in [3.63, 3.8) is 0 Å². The quantitative estimate of drug-likeness (QED) is 0.860. The lowest BCUT2D eigenvalue weighted by molar-refractivity contribution is 0.185. The Hall–Kier alpha value is -1.14. The molecule has 6 heteroatoms. The molecular formula is C12H20N4OS. The molecule has 1 saturated heterocycles. The minimum Gasteiger partial charge on any atom is -0.351 e. The maximum absolute atomic E-state index is 11.0. The van der Waals surface area contributed by atoms with Gasteiger partial charge in [0, 0.05) is 43.2 Å². The van der Waals surface area contributed by atoms with Crippen LogP contribution in [0.25, 0.3) is 0 Å². The highest BCUT2D eigenvalue weighted by molar-refractivity contribution is 7.09. The lowest BCUT2D eigenvalue weighted by Crippen LogP contribution is -2.47. The third-order valence-electron chi connectivity index (χ3n) is 3.25. The molecule has 1 fully saturated rings. The molecule has 0 unspecified atom stereocenters. The molecule has 0 aromatic carbocycles. The van der Waals surface area contributed by atoms with E-state index in [2.05, 4.69) is 15.7 Å². The topological polar surface area (TPSA) is 71.2 Å². The van der Waals surface area contributed by atoms with E-state index >= 15 is 0 Å². The van der Waals surface area contributed by atoms with E-state index in [1.807, 2.05) is 6.92 Å². The van der Waals surface area contributed by atoms with Gasteiger partial charge < -0.3 is 16.0 Å². The molecular weight excluding hydrogens is 248 g/mol. The molecule has 2 rings (SSSR count). The number of nitrogens with zero attached hydrogens (tertiary/aromatic N) is 2. The standard InChI is InChI=1S/C12H20N4OS/c1-9-8-18-11(15-9)2-5-14-10-3-6-16(7-4-10)12(13)17/h8,10,14H,2-7H2,1H3,(H2,13,17). The molecule has 1 aromatic rings. The highest BCUT2D eigenvalue weighted by atomic mass is 32.1. The molecule has 18 heavy (non-hydrogen) atoms. The van der Waals surface area contributed by atoms with Crippen LogP contribution in [0, 0.1) is 6.92 Å². The van der Waals surface area contributed by atoms with Gasteiger partial charge in [-0.05, 0) is 19.8 Å². The summed E-state index contributed by atoms with van der Waals surface area (Å²) in [6, 6.07) is 0.202. The van der Waals surface area contributed by atoms with Crippen LogP contribution in [-0.4, -0.2) is 41.6 Å². The number of thiazole rings is 1. The van der Waals surface area contributed by atoms with Gasteiger partial charge in [0.15, 0.2) is 0 Å². The van der Waals surface area contributed by atoms with Crippen molar-refractivity contribution in [2.75, 3.05) is 19.6 Å². The highest BCUT2D eigenvalue weighted by Crippen LogP contribution is 2.11. The summed E-state index contributed by atoms with van der Waals surface area (Å²) in [5.41, 5.74) is 6.35. The second kappa shape index (κ2) is 6.15. The average Bonchev–Trinajstić information content (AvgIpc) is 2.76. The van der Waals surface area contributed by atoms with Crippen molar-refractivity contribution in [3.05, 3.63) is 16.1 Å². The van der Waals surface area contributed by atoms with Gasteiger partial charge in [-0.1, -0.05) is 0 Å². The van der Waals surface area contributed by atoms with Gasteiger partial charge in [-0.2, -0.15) is 0 Å². The zero-order valence-electron chi connectivity index (χ0n) is 10.7. The zero-order chi connectivity index (χ0) is 13.0. The Labute approximate surface area is 111 Å². The molecule has 5 nitrogen and oxygen atoms in total. The molecule has 1 aliphatic heterocycles. The summed E-state index contributed by atoms with van der Waals surface area (Å²) in [5, 5.41) is 6.80. The summed E-state index contributed by atoms with van der Waals surface area (Å²) < 4.78 is 0. The fraction of sp³-hybridized carbons (Fsp3) is 0.667. The van der Waals surface area contributed by atoms with E-state index in [0.717, 1.165) is 44.6 Å². The number of primary amides is 1. The van der Waals surface area contributed by atoms with Crippen LogP contribution in [0.4, 0.5) is 4.79 Å². The SMILES string of the molecule is Cc1csc(CCNC2CCN(C(N)=O)CC2)n1. The number of aryl methyl sites for hydroxylation is 1. The van der Waals surface area contributed by atoms with Crippen LogP contribution in [0.15, 0.2) is 5.38 Å². The minimum atomic E-state index is -0.299. The van der Waals surface area contributed by atoms with Crippen LogP contribution in [0.5, 0.6) is 0 Å². The third kappa shape index (κ3) is 3.68. The summed E-state index contributed by atoms with van der Waals surface area (Å²) in [7, 11) is 0. The molecule has 0 radical (unpaired) electrons. The smallest absolute Gasteiger partial charge is 0.314 e. The summed E-state index contributed by atoms with van der Waals surface area (Å²) >= 11 is 1.72. The molecule has 100 valence electrons. The van der Waals surface area contributed by atoms with E-state index in [4.69, 9.17) is 5.73 Å². The number of hydrogen-bond donors (Lipinski definition) is 2. The van der Waals surface area contributed by atoms with Crippen LogP contribution in [0.2, 0.25) is 0 Å². The number of aromatic nitrogens is 1. The number of rotatable bonds is 4. The van der Waals surface area contributed by atoms with Crippen LogP contribution < -0.4 is 11.1 Å². The maximum Gasteiger partial charge on any atom is 0.314 e. The first-order valence-electron chi connectivity index (χ1n) is 6.34. The zero-order valence-corrected chi connectivity index (χ0v) is 11.5. The number of amides is 2. The molecule has 0 bridgehead atoms. The monoisotopic (exact) mass is 268 g/mol. The average molecular weight is 268 g/mol. The lowest BCUT2D eigenvalue weighted by Gasteiger charge is -2.31. The molecule has 0 spiro atoms. The Morgan fingerprint density at radius 2 is 2.33 bits per heavy atom. The molecule has 1 aromatic heterocycles. The van der Waals surface area contributed by atoms with Gasteiger partial charge in [0.25, 0.3) is 0 Å². The number of carbonyl (C=O) groups is 1. The van der Waals surface area contributed by atoms with Crippen molar-refractivity contribution in [2.45, 2.75) is 32.2 Å². The number of likely N-dealkylation sites (tertiary alicyclic amines) is 1. The largest absolute Gasteiger partial charge is 0.351 e. The summed E-state index contributed by atoms with van der Waals surface area (Å²) in [6.45, 7) is 4.51. The first kappa shape index (κ1) is 13.3. The third-order valence-corrected chi connectivity index (χ3v) is 4.27. The fourth-order valence-corrected chi connectivity index (χ4v) is 2.98. The van der Waals surface area contributed by atoms with E-state index in [1.165, 1.54) is 5.01 Å². The number of nitrogens with two attached hydrogens (primary N) is 1. The number of urea groups is 1. The van der Waals surface area contributed by atoms with Crippen LogP contribution >= 0.6 is 11.3 Å². The predicted octanol–water partition coefficient (Wildman–Crippen LogP) is 1.13. The van der Waals surface area contributed by atoms with Crippen molar-refractivity contribution >= 4 is 17.4 Å². The van der Waals surface area contributed by atoms with Crippen molar-refractivity contribution < 1.29 is 4.79 Å². The molecule has 2 amide bonds. The van der Waals surface area contributed by atoms with Gasteiger partial charge in [0.2, 0.25) is 0 Å². The van der Waals surface area contributed by atoms with E-state index in [-0.39, 0.29) is 6.03 Å². The van der Waals surface area contributed by atoms with E-state index in [1.54, 1.807) is 16.2 Å². The Balaban J connectivity index is 1.65. The second-order valence-electron chi connectivity index (χ2n) is 4.69. The summed E-state index contributed by atoms with van der Waals surface area (Å²) in [6.07, 6.45) is 2.95. The van der Waals surface area contributed by atoms with E-state index in [0.29, 0.717) is 6.04 Å². The van der Waals surface area contributed by atoms with Crippen LogP contribution in [0.3, 0.4) is 0 Å². The van der Waals surface area contributed by atoms with Gasteiger partial charge in [-0.25, -0.2) is 9.78 Å². The van der Waals surface area contributed by atoms with Gasteiger partial charge in [0.05, 0.1) is 5.01 Å². The predicted molar refractivity (Wildman–Crippen MR) is 72.7 cm³/mol. The van der Waals surface area contributed by atoms with Crippen molar-refractivity contribution in [1.29, 1.82) is 0 Å². The first-order chi connectivity index (χ1) is 8.65. The molecule has 1 aliphatic rings. The Morgan fingerprint density at radius 1 is 1.61 bits per heavy atom. The van der Waals surface area contributed by atoms with E-state index in [9.17, 15) is 4.79 Å². The van der Waals surface area contributed by atoms with E-state index < -0.39 is 0 Å². The first-order valence-corrected chi connectivity index (χ1v) is 7.22. The van der Waals surface area contributed by atoms with Gasteiger partial charge in [0.1, 0.15) is 0 Å². The maximum atomic E-state index is 11.0.